The minimum absolute atomic E-state index is 0.804. The standard InChI is InChI=1S/C14H9N4O/c1-2-11-13(16-4-1)18-8-17-7-9-3-5-15-6-10(9)12(17)14(18)19-11/h1-6,8H,7H2/q+1. The molecule has 0 unspecified atom stereocenters. The smallest absolute Gasteiger partial charge is 0.313 e. The highest BCUT2D eigenvalue weighted by atomic mass is 16.3. The predicted molar refractivity (Wildman–Crippen MR) is 67.5 cm³/mol. The Morgan fingerprint density at radius 2 is 2.26 bits per heavy atom. The fourth-order valence-electron chi connectivity index (χ4n) is 2.83. The van der Waals surface area contributed by atoms with Crippen molar-refractivity contribution in [3.8, 4) is 11.3 Å². The van der Waals surface area contributed by atoms with E-state index in [4.69, 9.17) is 4.42 Å². The van der Waals surface area contributed by atoms with Gasteiger partial charge in [-0.15, -0.1) is 4.98 Å². The first kappa shape index (κ1) is 9.27. The Balaban J connectivity index is 1.97. The summed E-state index contributed by atoms with van der Waals surface area (Å²) in [5.74, 6) is 0. The van der Waals surface area contributed by atoms with Crippen molar-refractivity contribution in [3.05, 3.63) is 48.7 Å². The molecule has 0 radical (unpaired) electrons. The molecular formula is C14H9N4O+. The second-order valence-corrected chi connectivity index (χ2v) is 4.73. The second-order valence-electron chi connectivity index (χ2n) is 4.73. The molecular weight excluding hydrogens is 240 g/mol. The highest BCUT2D eigenvalue weighted by molar-refractivity contribution is 5.79. The van der Waals surface area contributed by atoms with Gasteiger partial charge in [0.15, 0.2) is 12.0 Å². The highest BCUT2D eigenvalue weighted by Gasteiger charge is 2.30. The van der Waals surface area contributed by atoms with Gasteiger partial charge < -0.3 is 4.42 Å². The third-order valence-electron chi connectivity index (χ3n) is 3.66. The first-order valence-electron chi connectivity index (χ1n) is 6.13. The Morgan fingerprint density at radius 1 is 1.26 bits per heavy atom. The van der Waals surface area contributed by atoms with Crippen LogP contribution in [-0.4, -0.2) is 14.5 Å². The molecule has 1 aliphatic rings. The highest BCUT2D eigenvalue weighted by Crippen LogP contribution is 2.34. The molecule has 19 heavy (non-hydrogen) atoms. The maximum atomic E-state index is 5.94. The summed E-state index contributed by atoms with van der Waals surface area (Å²) in [7, 11) is 0. The fourth-order valence-corrected chi connectivity index (χ4v) is 2.83. The van der Waals surface area contributed by atoms with Crippen LogP contribution in [0.3, 0.4) is 0 Å². The van der Waals surface area contributed by atoms with E-state index in [1.54, 1.807) is 6.20 Å². The monoisotopic (exact) mass is 249 g/mol. The first-order chi connectivity index (χ1) is 9.42. The van der Waals surface area contributed by atoms with Crippen LogP contribution in [0.5, 0.6) is 0 Å². The normalized spacial score (nSPS) is 13.1. The largest absolute Gasteiger partial charge is 0.419 e. The van der Waals surface area contributed by atoms with Gasteiger partial charge in [0.2, 0.25) is 5.58 Å². The van der Waals surface area contributed by atoms with Crippen LogP contribution in [-0.2, 0) is 6.54 Å². The van der Waals surface area contributed by atoms with Crippen molar-refractivity contribution in [1.29, 1.82) is 0 Å². The van der Waals surface area contributed by atoms with Gasteiger partial charge >= 0.3 is 11.4 Å². The average Bonchev–Trinajstić information content (AvgIpc) is 3.05. The van der Waals surface area contributed by atoms with Crippen molar-refractivity contribution < 1.29 is 8.82 Å². The summed E-state index contributed by atoms with van der Waals surface area (Å²) in [5.41, 5.74) is 6.00. The molecule has 0 aromatic carbocycles. The summed E-state index contributed by atoms with van der Waals surface area (Å²) in [6.45, 7) is 0.860. The fraction of sp³-hybridized carbons (Fsp3) is 0.0714. The van der Waals surface area contributed by atoms with E-state index in [0.29, 0.717) is 0 Å². The van der Waals surface area contributed by atoms with Gasteiger partial charge in [0, 0.05) is 23.5 Å². The van der Waals surface area contributed by atoms with Gasteiger partial charge in [-0.05, 0) is 18.2 Å². The Bertz CT molecular complexity index is 951. The molecule has 90 valence electrons. The summed E-state index contributed by atoms with van der Waals surface area (Å²) >= 11 is 0. The molecule has 0 atom stereocenters. The topological polar surface area (TPSA) is 48.0 Å². The molecule has 5 heterocycles. The molecule has 5 rings (SSSR count). The van der Waals surface area contributed by atoms with E-state index < -0.39 is 0 Å². The molecule has 0 saturated heterocycles. The zero-order valence-electron chi connectivity index (χ0n) is 9.95. The molecule has 0 spiro atoms. The molecule has 1 aliphatic heterocycles. The van der Waals surface area contributed by atoms with E-state index in [1.807, 2.05) is 35.3 Å². The lowest BCUT2D eigenvalue weighted by molar-refractivity contribution is -0.488. The Kier molecular flexibility index (Phi) is 1.46. The van der Waals surface area contributed by atoms with Crippen molar-refractivity contribution in [2.75, 3.05) is 0 Å². The van der Waals surface area contributed by atoms with Crippen molar-refractivity contribution in [2.24, 2.45) is 0 Å². The van der Waals surface area contributed by atoms with E-state index >= 15 is 0 Å². The molecule has 0 amide bonds. The number of imidazole rings is 1. The number of hydrogen-bond donors (Lipinski definition) is 0. The quantitative estimate of drug-likeness (QED) is 0.393. The maximum Gasteiger partial charge on any atom is 0.313 e. The maximum absolute atomic E-state index is 5.94. The molecule has 0 aliphatic carbocycles. The van der Waals surface area contributed by atoms with Crippen LogP contribution in [0.2, 0.25) is 0 Å². The Hall–Kier alpha value is -2.69. The number of fused-ring (bicyclic) bond motifs is 7. The summed E-state index contributed by atoms with van der Waals surface area (Å²) < 4.78 is 10.1. The van der Waals surface area contributed by atoms with Crippen LogP contribution in [0.15, 0.2) is 47.5 Å². The molecule has 0 bridgehead atoms. The van der Waals surface area contributed by atoms with Crippen molar-refractivity contribution >= 4 is 16.9 Å². The van der Waals surface area contributed by atoms with Gasteiger partial charge in [-0.3, -0.25) is 9.55 Å². The SMILES string of the molecule is c1cnc2c(c1)oc1c3n(c[n+]12)Cc1ccncc1-3. The van der Waals surface area contributed by atoms with E-state index in [9.17, 15) is 0 Å². The summed E-state index contributed by atoms with van der Waals surface area (Å²) in [6.07, 6.45) is 7.55. The van der Waals surface area contributed by atoms with Crippen LogP contribution in [0.25, 0.3) is 28.2 Å². The number of nitrogens with zero attached hydrogens (tertiary/aromatic N) is 4. The molecule has 5 heteroatoms. The van der Waals surface area contributed by atoms with Gasteiger partial charge in [0.05, 0.1) is 6.54 Å². The number of oxazole rings is 1. The molecule has 0 fully saturated rings. The minimum atomic E-state index is 0.804. The number of rotatable bonds is 0. The van der Waals surface area contributed by atoms with Crippen LogP contribution in [0, 0.1) is 0 Å². The third-order valence-corrected chi connectivity index (χ3v) is 3.66. The van der Waals surface area contributed by atoms with E-state index in [1.165, 1.54) is 5.56 Å². The first-order valence-corrected chi connectivity index (χ1v) is 6.13. The predicted octanol–water partition coefficient (Wildman–Crippen LogP) is 1.79. The summed E-state index contributed by atoms with van der Waals surface area (Å²) in [4.78, 5) is 8.59. The molecule has 0 saturated carbocycles. The van der Waals surface area contributed by atoms with Crippen molar-refractivity contribution in [3.63, 3.8) is 0 Å². The second kappa shape index (κ2) is 3.00. The van der Waals surface area contributed by atoms with Crippen molar-refractivity contribution in [1.82, 2.24) is 14.5 Å². The Morgan fingerprint density at radius 3 is 3.26 bits per heavy atom. The lowest BCUT2D eigenvalue weighted by Crippen LogP contribution is -2.17. The van der Waals surface area contributed by atoms with Gasteiger partial charge in [-0.2, -0.15) is 4.40 Å². The zero-order chi connectivity index (χ0) is 12.4. The minimum Gasteiger partial charge on any atom is -0.419 e. The van der Waals surface area contributed by atoms with Gasteiger partial charge in [-0.25, -0.2) is 0 Å². The van der Waals surface area contributed by atoms with Crippen LogP contribution < -0.4 is 4.40 Å². The number of pyridine rings is 2. The van der Waals surface area contributed by atoms with Crippen LogP contribution in [0.4, 0.5) is 0 Å². The van der Waals surface area contributed by atoms with Gasteiger partial charge in [0.1, 0.15) is 6.20 Å². The zero-order valence-corrected chi connectivity index (χ0v) is 9.95. The molecule has 4 aromatic heterocycles. The summed E-state index contributed by atoms with van der Waals surface area (Å²) in [5, 5.41) is 0. The number of hydrogen-bond acceptors (Lipinski definition) is 3. The average molecular weight is 249 g/mol. The Labute approximate surface area is 107 Å². The van der Waals surface area contributed by atoms with Crippen LogP contribution >= 0.6 is 0 Å². The molecule has 0 N–H and O–H groups in total. The third kappa shape index (κ3) is 1.03. The van der Waals surface area contributed by atoms with Gasteiger partial charge in [-0.1, -0.05) is 0 Å². The lowest BCUT2D eigenvalue weighted by atomic mass is 10.1. The van der Waals surface area contributed by atoms with E-state index in [2.05, 4.69) is 20.6 Å². The number of aromatic nitrogens is 4. The van der Waals surface area contributed by atoms with E-state index in [0.717, 1.165) is 34.7 Å². The van der Waals surface area contributed by atoms with Gasteiger partial charge in [0.25, 0.3) is 0 Å². The van der Waals surface area contributed by atoms with E-state index in [-0.39, 0.29) is 0 Å². The lowest BCUT2D eigenvalue weighted by Gasteiger charge is -1.92. The van der Waals surface area contributed by atoms with Crippen molar-refractivity contribution in [2.45, 2.75) is 6.54 Å². The molecule has 4 aromatic rings. The molecule has 5 nitrogen and oxygen atoms in total. The summed E-state index contributed by atoms with van der Waals surface area (Å²) in [6, 6.07) is 5.87. The van der Waals surface area contributed by atoms with Crippen LogP contribution in [0.1, 0.15) is 5.56 Å².